The van der Waals surface area contributed by atoms with E-state index in [0.717, 1.165) is 5.56 Å². The molecule has 5 nitrogen and oxygen atoms in total. The van der Waals surface area contributed by atoms with Gasteiger partial charge in [0.15, 0.2) is 5.54 Å². The maximum atomic E-state index is 12.5. The lowest BCUT2D eigenvalue weighted by atomic mass is 9.92. The first-order chi connectivity index (χ1) is 11.3. The molecule has 1 atom stereocenters. The molecule has 1 aromatic carbocycles. The third kappa shape index (κ3) is 4.31. The van der Waals surface area contributed by atoms with E-state index >= 15 is 0 Å². The third-order valence-corrected chi connectivity index (χ3v) is 3.69. The molecule has 0 amide bonds. The molecule has 0 aromatic heterocycles. The van der Waals surface area contributed by atoms with Crippen molar-refractivity contribution in [2.45, 2.75) is 44.8 Å². The molecule has 1 heterocycles. The quantitative estimate of drug-likeness (QED) is 0.779. The van der Waals surface area contributed by atoms with E-state index in [-0.39, 0.29) is 11.9 Å². The largest absolute Gasteiger partial charge is 0.465 e. The van der Waals surface area contributed by atoms with Crippen molar-refractivity contribution in [3.05, 3.63) is 47.5 Å². The Balaban J connectivity index is 2.07. The zero-order valence-electron chi connectivity index (χ0n) is 14.5. The van der Waals surface area contributed by atoms with Gasteiger partial charge in [-0.05, 0) is 63.5 Å². The Morgan fingerprint density at radius 2 is 1.83 bits per heavy atom. The van der Waals surface area contributed by atoms with E-state index in [2.05, 4.69) is 9.73 Å². The van der Waals surface area contributed by atoms with Crippen LogP contribution in [-0.4, -0.2) is 36.4 Å². The Labute approximate surface area is 142 Å². The van der Waals surface area contributed by atoms with Gasteiger partial charge < -0.3 is 9.47 Å². The second-order valence-corrected chi connectivity index (χ2v) is 6.75. The lowest BCUT2D eigenvalue weighted by Gasteiger charge is -2.28. The number of hydrogen-bond acceptors (Lipinski definition) is 5. The van der Waals surface area contributed by atoms with Crippen LogP contribution in [-0.2, 0) is 20.7 Å². The molecule has 0 N–H and O–H groups in total. The van der Waals surface area contributed by atoms with E-state index in [9.17, 15) is 9.59 Å². The third-order valence-electron chi connectivity index (χ3n) is 3.69. The number of carbonyl (C=O) groups excluding carboxylic acids is 2. The number of carbonyl (C=O) groups is 2. The topological polar surface area (TPSA) is 65.0 Å². The van der Waals surface area contributed by atoms with Crippen molar-refractivity contribution in [3.8, 4) is 0 Å². The van der Waals surface area contributed by atoms with Crippen LogP contribution in [0.15, 0.2) is 41.4 Å². The van der Waals surface area contributed by atoms with Gasteiger partial charge in [0.25, 0.3) is 0 Å². The molecule has 0 bridgehead atoms. The van der Waals surface area contributed by atoms with Crippen molar-refractivity contribution >= 4 is 18.2 Å². The fourth-order valence-corrected chi connectivity index (χ4v) is 2.42. The van der Waals surface area contributed by atoms with Gasteiger partial charge >= 0.3 is 11.9 Å². The van der Waals surface area contributed by atoms with Crippen molar-refractivity contribution < 1.29 is 19.1 Å². The first kappa shape index (κ1) is 17.9. The summed E-state index contributed by atoms with van der Waals surface area (Å²) in [6.45, 7) is 5.52. The molecule has 128 valence electrons. The van der Waals surface area contributed by atoms with Crippen molar-refractivity contribution in [2.75, 3.05) is 7.11 Å². The van der Waals surface area contributed by atoms with Crippen LogP contribution in [0.1, 0.15) is 43.1 Å². The van der Waals surface area contributed by atoms with Gasteiger partial charge in [0.1, 0.15) is 5.60 Å². The molecule has 5 heteroatoms. The number of rotatable bonds is 5. The maximum absolute atomic E-state index is 12.5. The summed E-state index contributed by atoms with van der Waals surface area (Å²) in [6, 6.07) is 7.15. The second-order valence-electron chi connectivity index (χ2n) is 6.75. The molecule has 1 unspecified atom stereocenters. The molecule has 24 heavy (non-hydrogen) atoms. The minimum atomic E-state index is -0.964. The molecule has 0 aliphatic carbocycles. The van der Waals surface area contributed by atoms with E-state index in [1.54, 1.807) is 30.5 Å². The Hall–Kier alpha value is -2.43. The Morgan fingerprint density at radius 1 is 1.17 bits per heavy atom. The molecular weight excluding hydrogens is 306 g/mol. The first-order valence-corrected chi connectivity index (χ1v) is 7.89. The molecule has 0 saturated heterocycles. The first-order valence-electron chi connectivity index (χ1n) is 7.89. The molecule has 1 aromatic rings. The minimum Gasteiger partial charge on any atom is -0.465 e. The molecule has 1 aliphatic heterocycles. The summed E-state index contributed by atoms with van der Waals surface area (Å²) in [4.78, 5) is 28.3. The van der Waals surface area contributed by atoms with Crippen LogP contribution in [0.25, 0.3) is 0 Å². The van der Waals surface area contributed by atoms with Crippen molar-refractivity contribution in [2.24, 2.45) is 4.99 Å². The van der Waals surface area contributed by atoms with Crippen molar-refractivity contribution in [1.82, 2.24) is 0 Å². The number of allylic oxidation sites excluding steroid dienone is 1. The van der Waals surface area contributed by atoms with Crippen LogP contribution in [0.4, 0.5) is 0 Å². The highest BCUT2D eigenvalue weighted by molar-refractivity contribution is 5.91. The predicted molar refractivity (Wildman–Crippen MR) is 92.3 cm³/mol. The average Bonchev–Trinajstić information content (AvgIpc) is 3.01. The molecule has 1 aliphatic rings. The molecular formula is C19H23NO4. The van der Waals surface area contributed by atoms with Gasteiger partial charge in [-0.2, -0.15) is 0 Å². The van der Waals surface area contributed by atoms with Crippen LogP contribution in [0.3, 0.4) is 0 Å². The van der Waals surface area contributed by atoms with Crippen LogP contribution in [0.5, 0.6) is 0 Å². The van der Waals surface area contributed by atoms with E-state index < -0.39 is 11.1 Å². The van der Waals surface area contributed by atoms with Gasteiger partial charge in [-0.25, -0.2) is 9.59 Å². The summed E-state index contributed by atoms with van der Waals surface area (Å²) in [5.41, 5.74) is -0.00469. The van der Waals surface area contributed by atoms with Crippen LogP contribution in [0, 0.1) is 0 Å². The average molecular weight is 329 g/mol. The number of methoxy groups -OCH3 is 1. The van der Waals surface area contributed by atoms with Crippen LogP contribution >= 0.6 is 0 Å². The number of aryl methyl sites for hydroxylation is 1. The minimum absolute atomic E-state index is 0.341. The van der Waals surface area contributed by atoms with Crippen molar-refractivity contribution in [1.29, 1.82) is 0 Å². The summed E-state index contributed by atoms with van der Waals surface area (Å²) >= 11 is 0. The smallest absolute Gasteiger partial charge is 0.338 e. The van der Waals surface area contributed by atoms with E-state index in [1.807, 2.05) is 32.9 Å². The highest BCUT2D eigenvalue weighted by atomic mass is 16.6. The zero-order valence-corrected chi connectivity index (χ0v) is 14.5. The lowest BCUT2D eigenvalue weighted by Crippen LogP contribution is -2.40. The molecule has 0 spiro atoms. The maximum Gasteiger partial charge on any atom is 0.338 e. The molecule has 0 saturated carbocycles. The van der Waals surface area contributed by atoms with Gasteiger partial charge in [0, 0.05) is 6.21 Å². The number of ether oxygens (including phenoxy) is 2. The number of esters is 2. The Bertz CT molecular complexity index is 654. The van der Waals surface area contributed by atoms with Crippen LogP contribution < -0.4 is 0 Å². The van der Waals surface area contributed by atoms with Gasteiger partial charge in [0.2, 0.25) is 0 Å². The Kier molecular flexibility index (Phi) is 5.22. The number of benzene rings is 1. The highest BCUT2D eigenvalue weighted by Gasteiger charge is 2.39. The van der Waals surface area contributed by atoms with Gasteiger partial charge in [-0.3, -0.25) is 4.99 Å². The molecule has 0 fully saturated rings. The number of aliphatic imine (C=N–C) groups is 1. The fourth-order valence-electron chi connectivity index (χ4n) is 2.42. The summed E-state index contributed by atoms with van der Waals surface area (Å²) in [7, 11) is 1.35. The predicted octanol–water partition coefficient (Wildman–Crippen LogP) is 3.13. The standard InChI is InChI=1S/C19H23NO4/c1-18(2,3)24-17(22)19(11-5-13-20-19)12-10-14-6-8-15(9-7-14)16(21)23-4/h5-9,11,13H,10,12H2,1-4H3. The number of hydrogen-bond donors (Lipinski definition) is 0. The van der Waals surface area contributed by atoms with Gasteiger partial charge in [-0.15, -0.1) is 0 Å². The molecule has 2 rings (SSSR count). The monoisotopic (exact) mass is 329 g/mol. The summed E-state index contributed by atoms with van der Waals surface area (Å²) < 4.78 is 10.2. The summed E-state index contributed by atoms with van der Waals surface area (Å²) in [5, 5.41) is 0. The van der Waals surface area contributed by atoms with E-state index in [1.165, 1.54) is 7.11 Å². The normalized spacial score (nSPS) is 19.3. The summed E-state index contributed by atoms with van der Waals surface area (Å²) in [5.74, 6) is -0.707. The fraction of sp³-hybridized carbons (Fsp3) is 0.421. The number of nitrogens with zero attached hydrogens (tertiary/aromatic N) is 1. The lowest BCUT2D eigenvalue weighted by molar-refractivity contribution is -0.159. The van der Waals surface area contributed by atoms with Crippen LogP contribution in [0.2, 0.25) is 0 Å². The van der Waals surface area contributed by atoms with Gasteiger partial charge in [-0.1, -0.05) is 12.1 Å². The van der Waals surface area contributed by atoms with E-state index in [0.29, 0.717) is 18.4 Å². The van der Waals surface area contributed by atoms with Crippen molar-refractivity contribution in [3.63, 3.8) is 0 Å². The summed E-state index contributed by atoms with van der Waals surface area (Å²) in [6.07, 6.45) is 6.33. The van der Waals surface area contributed by atoms with E-state index in [4.69, 9.17) is 4.74 Å². The second kappa shape index (κ2) is 6.99. The van der Waals surface area contributed by atoms with Gasteiger partial charge in [0.05, 0.1) is 12.7 Å². The Morgan fingerprint density at radius 3 is 2.33 bits per heavy atom. The molecule has 0 radical (unpaired) electrons. The zero-order chi connectivity index (χ0) is 17.8. The highest BCUT2D eigenvalue weighted by Crippen LogP contribution is 2.28. The SMILES string of the molecule is COC(=O)c1ccc(CCC2(C(=O)OC(C)(C)C)C=CC=N2)cc1.